The van der Waals surface area contributed by atoms with Crippen molar-refractivity contribution in [2.45, 2.75) is 33.2 Å². The predicted molar refractivity (Wildman–Crippen MR) is 96.0 cm³/mol. The van der Waals surface area contributed by atoms with Crippen LogP contribution in [0.1, 0.15) is 47.1 Å². The zero-order valence-electron chi connectivity index (χ0n) is 14.3. The molecule has 2 aromatic carbocycles. The summed E-state index contributed by atoms with van der Waals surface area (Å²) in [4.78, 5) is 25.3. The Bertz CT molecular complexity index is 731. The molecule has 0 saturated carbocycles. The van der Waals surface area contributed by atoms with Gasteiger partial charge in [0.05, 0.1) is 5.54 Å². The summed E-state index contributed by atoms with van der Waals surface area (Å²) >= 11 is 5.84. The van der Waals surface area contributed by atoms with E-state index in [9.17, 15) is 9.59 Å². The second-order valence-electron chi connectivity index (χ2n) is 6.63. The van der Waals surface area contributed by atoms with E-state index < -0.39 is 5.54 Å². The van der Waals surface area contributed by atoms with Crippen molar-refractivity contribution in [2.24, 2.45) is 0 Å². The normalized spacial score (nSPS) is 11.0. The zero-order valence-corrected chi connectivity index (χ0v) is 15.0. The van der Waals surface area contributed by atoms with Crippen molar-refractivity contribution in [3.05, 3.63) is 70.2 Å². The first-order chi connectivity index (χ1) is 11.2. The Labute approximate surface area is 147 Å². The number of aryl methyl sites for hydroxylation is 1. The predicted octanol–water partition coefficient (Wildman–Crippen LogP) is 4.23. The number of hydrazine groups is 1. The van der Waals surface area contributed by atoms with Gasteiger partial charge in [-0.25, -0.2) is 5.01 Å². The van der Waals surface area contributed by atoms with E-state index in [2.05, 4.69) is 5.43 Å². The molecular weight excluding hydrogens is 324 g/mol. The van der Waals surface area contributed by atoms with Crippen LogP contribution in [-0.2, 0) is 0 Å². The van der Waals surface area contributed by atoms with E-state index >= 15 is 0 Å². The number of nitrogens with one attached hydrogen (secondary N) is 1. The van der Waals surface area contributed by atoms with Gasteiger partial charge in [0.25, 0.3) is 11.8 Å². The van der Waals surface area contributed by atoms with Gasteiger partial charge in [-0.15, -0.1) is 0 Å². The molecule has 0 aliphatic heterocycles. The molecule has 0 aromatic heterocycles. The van der Waals surface area contributed by atoms with Crippen LogP contribution in [0.2, 0.25) is 5.02 Å². The molecule has 0 radical (unpaired) electrons. The Morgan fingerprint density at radius 3 is 1.92 bits per heavy atom. The molecule has 2 aromatic rings. The van der Waals surface area contributed by atoms with Crippen LogP contribution in [0.3, 0.4) is 0 Å². The third kappa shape index (κ3) is 4.36. The average molecular weight is 345 g/mol. The number of nitrogens with zero attached hydrogens (tertiary/aromatic N) is 1. The number of hydrogen-bond acceptors (Lipinski definition) is 2. The summed E-state index contributed by atoms with van der Waals surface area (Å²) in [6.45, 7) is 7.54. The highest BCUT2D eigenvalue weighted by Crippen LogP contribution is 2.17. The maximum atomic E-state index is 12.8. The second-order valence-corrected chi connectivity index (χ2v) is 7.06. The van der Waals surface area contributed by atoms with Crippen LogP contribution in [0, 0.1) is 6.92 Å². The van der Waals surface area contributed by atoms with Crippen LogP contribution in [0.5, 0.6) is 0 Å². The van der Waals surface area contributed by atoms with Crippen molar-refractivity contribution in [3.63, 3.8) is 0 Å². The van der Waals surface area contributed by atoms with E-state index in [1.54, 1.807) is 36.4 Å². The molecule has 0 atom stereocenters. The summed E-state index contributed by atoms with van der Waals surface area (Å²) in [5.74, 6) is -0.619. The highest BCUT2D eigenvalue weighted by atomic mass is 35.5. The third-order valence-corrected chi connectivity index (χ3v) is 3.74. The topological polar surface area (TPSA) is 49.4 Å². The number of benzene rings is 2. The van der Waals surface area contributed by atoms with Crippen LogP contribution in [-0.4, -0.2) is 22.4 Å². The molecule has 1 N–H and O–H groups in total. The van der Waals surface area contributed by atoms with Gasteiger partial charge in [-0.1, -0.05) is 29.3 Å². The van der Waals surface area contributed by atoms with Crippen LogP contribution >= 0.6 is 11.6 Å². The Balaban J connectivity index is 2.25. The molecule has 0 bridgehead atoms. The minimum Gasteiger partial charge on any atom is -0.267 e. The molecule has 0 saturated heterocycles. The van der Waals surface area contributed by atoms with Gasteiger partial charge in [0, 0.05) is 16.1 Å². The van der Waals surface area contributed by atoms with Gasteiger partial charge in [-0.3, -0.25) is 15.0 Å². The smallest absolute Gasteiger partial charge is 0.267 e. The minimum absolute atomic E-state index is 0.259. The summed E-state index contributed by atoms with van der Waals surface area (Å²) in [6.07, 6.45) is 0. The number of carbonyl (C=O) groups excluding carboxylic acids is 2. The fourth-order valence-corrected chi connectivity index (χ4v) is 2.24. The molecule has 0 spiro atoms. The van der Waals surface area contributed by atoms with E-state index in [0.29, 0.717) is 16.1 Å². The molecule has 126 valence electrons. The van der Waals surface area contributed by atoms with Crippen molar-refractivity contribution in [3.8, 4) is 0 Å². The quantitative estimate of drug-likeness (QED) is 0.828. The molecule has 0 heterocycles. The Morgan fingerprint density at radius 1 is 0.917 bits per heavy atom. The summed E-state index contributed by atoms with van der Waals surface area (Å²) in [5, 5.41) is 1.91. The second kappa shape index (κ2) is 7.05. The number of halogens is 1. The van der Waals surface area contributed by atoms with Crippen LogP contribution in [0.25, 0.3) is 0 Å². The fourth-order valence-electron chi connectivity index (χ4n) is 2.12. The lowest BCUT2D eigenvalue weighted by Crippen LogP contribution is -2.55. The van der Waals surface area contributed by atoms with E-state index in [1.165, 1.54) is 5.01 Å². The Morgan fingerprint density at radius 2 is 1.42 bits per heavy atom. The van der Waals surface area contributed by atoms with E-state index in [4.69, 9.17) is 11.6 Å². The molecule has 0 aliphatic carbocycles. The van der Waals surface area contributed by atoms with Gasteiger partial charge in [0.15, 0.2) is 0 Å². The summed E-state index contributed by atoms with van der Waals surface area (Å²) in [6, 6.07) is 13.8. The van der Waals surface area contributed by atoms with Crippen molar-refractivity contribution in [2.75, 3.05) is 0 Å². The van der Waals surface area contributed by atoms with Gasteiger partial charge in [-0.05, 0) is 64.1 Å². The molecule has 4 nitrogen and oxygen atoms in total. The minimum atomic E-state index is -0.579. The number of rotatable bonds is 2. The van der Waals surface area contributed by atoms with E-state index in [0.717, 1.165) is 5.56 Å². The lowest BCUT2D eigenvalue weighted by molar-refractivity contribution is 0.0358. The van der Waals surface area contributed by atoms with Crippen molar-refractivity contribution >= 4 is 23.4 Å². The van der Waals surface area contributed by atoms with Gasteiger partial charge < -0.3 is 0 Å². The first-order valence-corrected chi connectivity index (χ1v) is 8.04. The lowest BCUT2D eigenvalue weighted by Gasteiger charge is -2.35. The van der Waals surface area contributed by atoms with Crippen molar-refractivity contribution in [1.29, 1.82) is 0 Å². The molecule has 0 aliphatic rings. The molecule has 0 unspecified atom stereocenters. The van der Waals surface area contributed by atoms with E-state index in [-0.39, 0.29) is 11.8 Å². The first kappa shape index (κ1) is 18.0. The largest absolute Gasteiger partial charge is 0.272 e. The summed E-state index contributed by atoms with van der Waals surface area (Å²) < 4.78 is 0. The molecular formula is C19H21ClN2O2. The SMILES string of the molecule is Cc1ccc(C(=O)N(NC(=O)c2ccc(Cl)cc2)C(C)(C)C)cc1. The lowest BCUT2D eigenvalue weighted by atomic mass is 10.1. The first-order valence-electron chi connectivity index (χ1n) is 7.66. The maximum absolute atomic E-state index is 12.8. The summed E-state index contributed by atoms with van der Waals surface area (Å²) in [7, 11) is 0. The number of hydrogen-bond donors (Lipinski definition) is 1. The standard InChI is InChI=1S/C19H21ClN2O2/c1-13-5-7-15(8-6-13)18(24)22(19(2,3)4)21-17(23)14-9-11-16(20)12-10-14/h5-12H,1-4H3,(H,21,23). The molecule has 2 amide bonds. The number of carbonyl (C=O) groups is 2. The molecule has 2 rings (SSSR count). The van der Waals surface area contributed by atoms with Gasteiger partial charge in [-0.2, -0.15) is 0 Å². The maximum Gasteiger partial charge on any atom is 0.272 e. The molecule has 24 heavy (non-hydrogen) atoms. The monoisotopic (exact) mass is 344 g/mol. The third-order valence-electron chi connectivity index (χ3n) is 3.49. The zero-order chi connectivity index (χ0) is 17.9. The van der Waals surface area contributed by atoms with Crippen molar-refractivity contribution < 1.29 is 9.59 Å². The molecule has 0 fully saturated rings. The molecule has 5 heteroatoms. The van der Waals surface area contributed by atoms with Crippen LogP contribution < -0.4 is 5.43 Å². The van der Waals surface area contributed by atoms with Gasteiger partial charge in [0.1, 0.15) is 0 Å². The fraction of sp³-hybridized carbons (Fsp3) is 0.263. The Kier molecular flexibility index (Phi) is 5.30. The number of amides is 2. The van der Waals surface area contributed by atoms with Crippen LogP contribution in [0.4, 0.5) is 0 Å². The highest BCUT2D eigenvalue weighted by molar-refractivity contribution is 6.30. The summed E-state index contributed by atoms with van der Waals surface area (Å²) in [5.41, 5.74) is 4.15. The Hall–Kier alpha value is -2.33. The average Bonchev–Trinajstić information content (AvgIpc) is 2.52. The van der Waals surface area contributed by atoms with Crippen LogP contribution in [0.15, 0.2) is 48.5 Å². The van der Waals surface area contributed by atoms with E-state index in [1.807, 2.05) is 39.8 Å². The van der Waals surface area contributed by atoms with Crippen molar-refractivity contribution in [1.82, 2.24) is 10.4 Å². The van der Waals surface area contributed by atoms with Gasteiger partial charge >= 0.3 is 0 Å². The highest BCUT2D eigenvalue weighted by Gasteiger charge is 2.29. The van der Waals surface area contributed by atoms with Gasteiger partial charge in [0.2, 0.25) is 0 Å².